The average Bonchev–Trinajstić information content (AvgIpc) is 2.48. The van der Waals surface area contributed by atoms with E-state index in [9.17, 15) is 18.7 Å². The van der Waals surface area contributed by atoms with Crippen molar-refractivity contribution in [3.63, 3.8) is 0 Å². The van der Waals surface area contributed by atoms with Gasteiger partial charge in [-0.1, -0.05) is 6.42 Å². The molecule has 21 heavy (non-hydrogen) atoms. The molecule has 2 N–H and O–H groups in total. The average molecular weight is 299 g/mol. The normalized spacial score (nSPS) is 21.9. The Kier molecular flexibility index (Phi) is 5.12. The highest BCUT2D eigenvalue weighted by atomic mass is 19.2. The van der Waals surface area contributed by atoms with Gasteiger partial charge in [0.25, 0.3) is 0 Å². The van der Waals surface area contributed by atoms with Gasteiger partial charge in [-0.15, -0.1) is 0 Å². The fourth-order valence-corrected chi connectivity index (χ4v) is 2.66. The molecule has 0 saturated heterocycles. The second kappa shape index (κ2) is 6.85. The molecule has 2 atom stereocenters. The fraction of sp³-hybridized carbons (Fsp3) is 0.533. The summed E-state index contributed by atoms with van der Waals surface area (Å²) in [6.45, 7) is 0.463. The number of methoxy groups -OCH3 is 1. The van der Waals surface area contributed by atoms with Crippen LogP contribution in [0.5, 0.6) is 0 Å². The molecule has 1 aliphatic rings. The number of nitrogens with one attached hydrogen (secondary N) is 1. The van der Waals surface area contributed by atoms with Crippen molar-refractivity contribution in [1.82, 2.24) is 0 Å². The smallest absolute Gasteiger partial charge is 0.340 e. The van der Waals surface area contributed by atoms with Gasteiger partial charge in [0, 0.05) is 6.54 Å². The predicted octanol–water partition coefficient (Wildman–Crippen LogP) is 2.71. The maximum Gasteiger partial charge on any atom is 0.340 e. The lowest BCUT2D eigenvalue weighted by molar-refractivity contribution is 0.0594. The number of hydrogen-bond donors (Lipinski definition) is 2. The number of benzene rings is 1. The van der Waals surface area contributed by atoms with E-state index in [0.29, 0.717) is 13.0 Å². The molecule has 2 rings (SSSR count). The number of halogens is 2. The molecule has 1 aromatic carbocycles. The highest BCUT2D eigenvalue weighted by Gasteiger charge is 2.22. The van der Waals surface area contributed by atoms with E-state index >= 15 is 0 Å². The summed E-state index contributed by atoms with van der Waals surface area (Å²) in [5, 5.41) is 12.4. The van der Waals surface area contributed by atoms with Crippen molar-refractivity contribution in [2.75, 3.05) is 19.0 Å². The van der Waals surface area contributed by atoms with Crippen LogP contribution in [0.2, 0.25) is 0 Å². The van der Waals surface area contributed by atoms with Gasteiger partial charge in [0.1, 0.15) is 0 Å². The molecule has 0 bridgehead atoms. The van der Waals surface area contributed by atoms with Gasteiger partial charge in [0.15, 0.2) is 11.6 Å². The van der Waals surface area contributed by atoms with Crippen LogP contribution in [0.4, 0.5) is 14.5 Å². The third-order valence-corrected chi connectivity index (χ3v) is 3.82. The summed E-state index contributed by atoms with van der Waals surface area (Å²) in [5.74, 6) is -2.98. The van der Waals surface area contributed by atoms with Crippen LogP contribution in [-0.4, -0.2) is 30.8 Å². The Balaban J connectivity index is 2.04. The molecule has 1 aliphatic carbocycles. The molecule has 0 spiro atoms. The molecule has 6 heteroatoms. The highest BCUT2D eigenvalue weighted by molar-refractivity contribution is 5.90. The Labute approximate surface area is 122 Å². The van der Waals surface area contributed by atoms with E-state index in [4.69, 9.17) is 0 Å². The molecule has 116 valence electrons. The summed E-state index contributed by atoms with van der Waals surface area (Å²) < 4.78 is 32.1. The van der Waals surface area contributed by atoms with E-state index in [1.165, 1.54) is 12.1 Å². The molecular weight excluding hydrogens is 280 g/mol. The summed E-state index contributed by atoms with van der Waals surface area (Å²) in [5.41, 5.74) is -0.408. The molecule has 0 aliphatic heterocycles. The molecule has 0 amide bonds. The lowest BCUT2D eigenvalue weighted by Crippen LogP contribution is -2.25. The highest BCUT2D eigenvalue weighted by Crippen LogP contribution is 2.26. The van der Waals surface area contributed by atoms with Crippen molar-refractivity contribution in [1.29, 1.82) is 0 Å². The molecule has 4 nitrogen and oxygen atoms in total. The van der Waals surface area contributed by atoms with Crippen LogP contribution >= 0.6 is 0 Å². The Morgan fingerprint density at radius 3 is 2.81 bits per heavy atom. The monoisotopic (exact) mass is 299 g/mol. The van der Waals surface area contributed by atoms with E-state index in [-0.39, 0.29) is 17.7 Å². The zero-order valence-corrected chi connectivity index (χ0v) is 11.9. The van der Waals surface area contributed by atoms with Gasteiger partial charge >= 0.3 is 5.97 Å². The summed E-state index contributed by atoms with van der Waals surface area (Å²) in [7, 11) is 1.11. The number of carbonyl (C=O) groups is 1. The Morgan fingerprint density at radius 1 is 1.38 bits per heavy atom. The van der Waals surface area contributed by atoms with Crippen molar-refractivity contribution < 1.29 is 23.4 Å². The van der Waals surface area contributed by atoms with Gasteiger partial charge in [0.05, 0.1) is 24.5 Å². The minimum Gasteiger partial charge on any atom is -0.465 e. The SMILES string of the molecule is COC(=O)c1ccc(NCC2CCCC(O)C2)c(F)c1F. The first kappa shape index (κ1) is 15.7. The quantitative estimate of drug-likeness (QED) is 0.839. The molecule has 0 aromatic heterocycles. The summed E-state index contributed by atoms with van der Waals surface area (Å²) in [6, 6.07) is 2.52. The topological polar surface area (TPSA) is 58.6 Å². The van der Waals surface area contributed by atoms with Crippen LogP contribution in [-0.2, 0) is 4.74 Å². The van der Waals surface area contributed by atoms with Crippen LogP contribution in [0, 0.1) is 17.6 Å². The number of esters is 1. The first-order chi connectivity index (χ1) is 10.0. The number of rotatable bonds is 4. The minimum atomic E-state index is -1.21. The van der Waals surface area contributed by atoms with Gasteiger partial charge in [-0.2, -0.15) is 0 Å². The summed E-state index contributed by atoms with van der Waals surface area (Å²) >= 11 is 0. The van der Waals surface area contributed by atoms with Crippen molar-refractivity contribution in [3.8, 4) is 0 Å². The maximum absolute atomic E-state index is 13.9. The first-order valence-corrected chi connectivity index (χ1v) is 7.01. The van der Waals surface area contributed by atoms with Crippen LogP contribution in [0.25, 0.3) is 0 Å². The minimum absolute atomic E-state index is 0.0141. The van der Waals surface area contributed by atoms with Crippen molar-refractivity contribution in [2.45, 2.75) is 31.8 Å². The molecule has 0 radical (unpaired) electrons. The predicted molar refractivity (Wildman–Crippen MR) is 74.2 cm³/mol. The van der Waals surface area contributed by atoms with E-state index in [0.717, 1.165) is 26.4 Å². The number of aliphatic hydroxyl groups is 1. The van der Waals surface area contributed by atoms with Crippen molar-refractivity contribution in [2.24, 2.45) is 5.92 Å². The third-order valence-electron chi connectivity index (χ3n) is 3.82. The van der Waals surface area contributed by atoms with E-state index in [1.807, 2.05) is 0 Å². The number of hydrogen-bond acceptors (Lipinski definition) is 4. The van der Waals surface area contributed by atoms with Crippen LogP contribution in [0.15, 0.2) is 12.1 Å². The van der Waals surface area contributed by atoms with Gasteiger partial charge in [-0.05, 0) is 37.3 Å². The molecule has 1 aromatic rings. The van der Waals surface area contributed by atoms with E-state index < -0.39 is 23.2 Å². The lowest BCUT2D eigenvalue weighted by atomic mass is 9.87. The summed E-state index contributed by atoms with van der Waals surface area (Å²) in [4.78, 5) is 11.3. The van der Waals surface area contributed by atoms with Crippen LogP contribution in [0.1, 0.15) is 36.0 Å². The largest absolute Gasteiger partial charge is 0.465 e. The zero-order valence-electron chi connectivity index (χ0n) is 11.9. The first-order valence-electron chi connectivity index (χ1n) is 7.01. The zero-order chi connectivity index (χ0) is 15.4. The second-order valence-corrected chi connectivity index (χ2v) is 5.35. The van der Waals surface area contributed by atoms with E-state index in [2.05, 4.69) is 10.1 Å². The third kappa shape index (κ3) is 3.69. The Bertz CT molecular complexity index is 522. The van der Waals surface area contributed by atoms with Gasteiger partial charge in [-0.25, -0.2) is 13.6 Å². The van der Waals surface area contributed by atoms with E-state index in [1.54, 1.807) is 0 Å². The Morgan fingerprint density at radius 2 is 2.14 bits per heavy atom. The molecule has 1 saturated carbocycles. The molecular formula is C15H19F2NO3. The van der Waals surface area contributed by atoms with Crippen molar-refractivity contribution >= 4 is 11.7 Å². The molecule has 2 unspecified atom stereocenters. The van der Waals surface area contributed by atoms with Crippen molar-refractivity contribution in [3.05, 3.63) is 29.3 Å². The number of anilines is 1. The van der Waals surface area contributed by atoms with Gasteiger partial charge in [-0.3, -0.25) is 0 Å². The van der Waals surface area contributed by atoms with Crippen LogP contribution < -0.4 is 5.32 Å². The fourth-order valence-electron chi connectivity index (χ4n) is 2.66. The Hall–Kier alpha value is -1.69. The lowest BCUT2D eigenvalue weighted by Gasteiger charge is -2.26. The maximum atomic E-state index is 13.9. The number of ether oxygens (including phenoxy) is 1. The second-order valence-electron chi connectivity index (χ2n) is 5.35. The van der Waals surface area contributed by atoms with Gasteiger partial charge < -0.3 is 15.2 Å². The number of aliphatic hydroxyl groups excluding tert-OH is 1. The molecule has 0 heterocycles. The molecule has 1 fully saturated rings. The number of carbonyl (C=O) groups excluding carboxylic acids is 1. The summed E-state index contributed by atoms with van der Waals surface area (Å²) in [6.07, 6.45) is 3.04. The van der Waals surface area contributed by atoms with Crippen LogP contribution in [0.3, 0.4) is 0 Å². The van der Waals surface area contributed by atoms with Gasteiger partial charge in [0.2, 0.25) is 0 Å². The standard InChI is InChI=1S/C15H19F2NO3/c1-21-15(20)11-5-6-12(14(17)13(11)16)18-8-9-3-2-4-10(19)7-9/h5-6,9-10,18-19H,2-4,7-8H2,1H3.